The summed E-state index contributed by atoms with van der Waals surface area (Å²) < 4.78 is 0. The number of carbonyl (C=O) groups is 1. The second-order valence-electron chi connectivity index (χ2n) is 6.79. The Morgan fingerprint density at radius 2 is 1.59 bits per heavy atom. The van der Waals surface area contributed by atoms with Crippen molar-refractivity contribution in [2.45, 2.75) is 44.9 Å². The molecule has 0 aliphatic carbocycles. The predicted molar refractivity (Wildman–Crippen MR) is 90.3 cm³/mol. The Hall–Kier alpha value is -2.09. The molecular formula is C20H24O2. The maximum atomic E-state index is 11.6. The molecule has 1 atom stereocenters. The number of aryl methyl sites for hydroxylation is 1. The van der Waals surface area contributed by atoms with Crippen LogP contribution in [0, 0.1) is 0 Å². The topological polar surface area (TPSA) is 37.3 Å². The molecule has 2 aromatic carbocycles. The van der Waals surface area contributed by atoms with E-state index in [-0.39, 0.29) is 5.41 Å². The lowest BCUT2D eigenvalue weighted by Crippen LogP contribution is -2.14. The van der Waals surface area contributed by atoms with Crippen LogP contribution in [0.3, 0.4) is 0 Å². The second kappa shape index (κ2) is 6.78. The lowest BCUT2D eigenvalue weighted by atomic mass is 9.85. The smallest absolute Gasteiger partial charge is 0.310 e. The zero-order chi connectivity index (χ0) is 16.2. The van der Waals surface area contributed by atoms with Crippen molar-refractivity contribution < 1.29 is 9.90 Å². The number of benzene rings is 2. The number of aliphatic carboxylic acids is 1. The minimum absolute atomic E-state index is 0.0846. The van der Waals surface area contributed by atoms with Gasteiger partial charge in [0.25, 0.3) is 0 Å². The van der Waals surface area contributed by atoms with Crippen molar-refractivity contribution in [2.75, 3.05) is 0 Å². The fourth-order valence-corrected chi connectivity index (χ4v) is 2.60. The van der Waals surface area contributed by atoms with Gasteiger partial charge >= 0.3 is 5.97 Å². The van der Waals surface area contributed by atoms with E-state index >= 15 is 0 Å². The summed E-state index contributed by atoms with van der Waals surface area (Å²) in [5.41, 5.74) is 3.38. The summed E-state index contributed by atoms with van der Waals surface area (Å²) in [5, 5.41) is 9.53. The molecule has 0 bridgehead atoms. The molecule has 0 radical (unpaired) electrons. The molecule has 0 saturated heterocycles. The summed E-state index contributed by atoms with van der Waals surface area (Å²) >= 11 is 0. The average Bonchev–Trinajstić information content (AvgIpc) is 2.48. The van der Waals surface area contributed by atoms with Crippen LogP contribution >= 0.6 is 0 Å². The van der Waals surface area contributed by atoms with Crippen LogP contribution in [0.15, 0.2) is 54.6 Å². The molecule has 22 heavy (non-hydrogen) atoms. The highest BCUT2D eigenvalue weighted by Crippen LogP contribution is 2.27. The lowest BCUT2D eigenvalue weighted by molar-refractivity contribution is -0.138. The number of rotatable bonds is 5. The Morgan fingerprint density at radius 3 is 2.09 bits per heavy atom. The molecule has 0 saturated carbocycles. The van der Waals surface area contributed by atoms with Crippen molar-refractivity contribution in [3.05, 3.63) is 71.3 Å². The molecule has 0 aliphatic rings. The fraction of sp³-hybridized carbons (Fsp3) is 0.350. The van der Waals surface area contributed by atoms with Crippen LogP contribution in [-0.2, 0) is 16.6 Å². The third kappa shape index (κ3) is 4.20. The van der Waals surface area contributed by atoms with Crippen molar-refractivity contribution in [1.82, 2.24) is 0 Å². The van der Waals surface area contributed by atoms with Gasteiger partial charge < -0.3 is 5.11 Å². The SMILES string of the molecule is CC(C)(C)c1ccc([C@H](CCc2ccccc2)C(=O)O)cc1. The molecule has 2 rings (SSSR count). The van der Waals surface area contributed by atoms with E-state index in [1.165, 1.54) is 11.1 Å². The molecule has 0 spiro atoms. The van der Waals surface area contributed by atoms with Crippen LogP contribution in [0.2, 0.25) is 0 Å². The van der Waals surface area contributed by atoms with Crippen molar-refractivity contribution in [1.29, 1.82) is 0 Å². The summed E-state index contributed by atoms with van der Waals surface area (Å²) in [5.74, 6) is -1.20. The highest BCUT2D eigenvalue weighted by Gasteiger charge is 2.21. The monoisotopic (exact) mass is 296 g/mol. The van der Waals surface area contributed by atoms with Gasteiger partial charge in [-0.1, -0.05) is 75.4 Å². The summed E-state index contributed by atoms with van der Waals surface area (Å²) in [7, 11) is 0. The van der Waals surface area contributed by atoms with Crippen molar-refractivity contribution in [3.63, 3.8) is 0 Å². The molecule has 0 unspecified atom stereocenters. The highest BCUT2D eigenvalue weighted by atomic mass is 16.4. The van der Waals surface area contributed by atoms with E-state index in [4.69, 9.17) is 0 Å². The van der Waals surface area contributed by atoms with E-state index in [0.29, 0.717) is 6.42 Å². The molecular weight excluding hydrogens is 272 g/mol. The minimum atomic E-state index is -0.751. The second-order valence-corrected chi connectivity index (χ2v) is 6.79. The quantitative estimate of drug-likeness (QED) is 0.861. The molecule has 2 aromatic rings. The van der Waals surface area contributed by atoms with E-state index in [0.717, 1.165) is 12.0 Å². The average molecular weight is 296 g/mol. The van der Waals surface area contributed by atoms with Gasteiger partial charge in [0.1, 0.15) is 0 Å². The molecule has 0 aliphatic heterocycles. The van der Waals surface area contributed by atoms with Gasteiger partial charge in [-0.3, -0.25) is 4.79 Å². The minimum Gasteiger partial charge on any atom is -0.481 e. The molecule has 2 nitrogen and oxygen atoms in total. The maximum absolute atomic E-state index is 11.6. The first-order valence-corrected chi connectivity index (χ1v) is 7.75. The van der Waals surface area contributed by atoms with Gasteiger partial charge in [0, 0.05) is 0 Å². The first-order valence-electron chi connectivity index (χ1n) is 7.75. The van der Waals surface area contributed by atoms with Crippen LogP contribution in [-0.4, -0.2) is 11.1 Å². The Bertz CT molecular complexity index is 606. The molecule has 116 valence electrons. The zero-order valence-corrected chi connectivity index (χ0v) is 13.5. The molecule has 0 amide bonds. The van der Waals surface area contributed by atoms with Crippen molar-refractivity contribution in [2.24, 2.45) is 0 Å². The Labute approximate surface area is 132 Å². The van der Waals surface area contributed by atoms with E-state index < -0.39 is 11.9 Å². The van der Waals surface area contributed by atoms with E-state index in [1.54, 1.807) is 0 Å². The normalized spacial score (nSPS) is 12.9. The number of hydrogen-bond acceptors (Lipinski definition) is 1. The lowest BCUT2D eigenvalue weighted by Gasteiger charge is -2.20. The van der Waals surface area contributed by atoms with Gasteiger partial charge in [0.15, 0.2) is 0 Å². The molecule has 0 fully saturated rings. The Balaban J connectivity index is 2.13. The molecule has 2 heteroatoms. The summed E-state index contributed by atoms with van der Waals surface area (Å²) in [6.07, 6.45) is 1.40. The summed E-state index contributed by atoms with van der Waals surface area (Å²) in [6, 6.07) is 18.1. The summed E-state index contributed by atoms with van der Waals surface area (Å²) in [6.45, 7) is 6.48. The Morgan fingerprint density at radius 1 is 1.00 bits per heavy atom. The van der Waals surface area contributed by atoms with Gasteiger partial charge in [-0.25, -0.2) is 0 Å². The van der Waals surface area contributed by atoms with Crippen LogP contribution in [0.25, 0.3) is 0 Å². The highest BCUT2D eigenvalue weighted by molar-refractivity contribution is 5.76. The number of carboxylic acids is 1. The van der Waals surface area contributed by atoms with Gasteiger partial charge in [-0.2, -0.15) is 0 Å². The maximum Gasteiger partial charge on any atom is 0.310 e. The number of hydrogen-bond donors (Lipinski definition) is 1. The standard InChI is InChI=1S/C20H24O2/c1-20(2,3)17-12-10-16(11-13-17)18(19(21)22)14-9-15-7-5-4-6-8-15/h4-8,10-13,18H,9,14H2,1-3H3,(H,21,22)/t18-/m0/s1. The number of carboxylic acid groups (broad SMARTS) is 1. The third-order valence-corrected chi connectivity index (χ3v) is 4.04. The molecule has 0 heterocycles. The fourth-order valence-electron chi connectivity index (χ4n) is 2.60. The van der Waals surface area contributed by atoms with Crippen LogP contribution in [0.1, 0.15) is 49.8 Å². The predicted octanol–water partition coefficient (Wildman–Crippen LogP) is 4.79. The van der Waals surface area contributed by atoms with Crippen LogP contribution in [0.5, 0.6) is 0 Å². The van der Waals surface area contributed by atoms with Gasteiger partial charge in [-0.15, -0.1) is 0 Å². The van der Waals surface area contributed by atoms with Crippen molar-refractivity contribution in [3.8, 4) is 0 Å². The summed E-state index contributed by atoms with van der Waals surface area (Å²) in [4.78, 5) is 11.6. The molecule has 1 N–H and O–H groups in total. The zero-order valence-electron chi connectivity index (χ0n) is 13.5. The van der Waals surface area contributed by atoms with Crippen LogP contribution < -0.4 is 0 Å². The molecule has 0 aromatic heterocycles. The van der Waals surface area contributed by atoms with Gasteiger partial charge in [0.05, 0.1) is 5.92 Å². The Kier molecular flexibility index (Phi) is 5.02. The van der Waals surface area contributed by atoms with E-state index in [9.17, 15) is 9.90 Å². The first kappa shape index (κ1) is 16.3. The largest absolute Gasteiger partial charge is 0.481 e. The van der Waals surface area contributed by atoms with Gasteiger partial charge in [0.2, 0.25) is 0 Å². The van der Waals surface area contributed by atoms with Crippen LogP contribution in [0.4, 0.5) is 0 Å². The van der Waals surface area contributed by atoms with Gasteiger partial charge in [-0.05, 0) is 34.9 Å². The van der Waals surface area contributed by atoms with E-state index in [2.05, 4.69) is 20.8 Å². The van der Waals surface area contributed by atoms with E-state index in [1.807, 2.05) is 54.6 Å². The van der Waals surface area contributed by atoms with Crippen molar-refractivity contribution >= 4 is 5.97 Å². The first-order chi connectivity index (χ1) is 10.4. The third-order valence-electron chi connectivity index (χ3n) is 4.04.